The van der Waals surface area contributed by atoms with Crippen LogP contribution in [0.3, 0.4) is 0 Å². The fraction of sp³-hybridized carbons (Fsp3) is 0.923. The number of amides is 1. The van der Waals surface area contributed by atoms with Gasteiger partial charge in [0.2, 0.25) is 5.91 Å². The van der Waals surface area contributed by atoms with Crippen LogP contribution in [0.1, 0.15) is 58.3 Å². The molecule has 3 heteroatoms. The van der Waals surface area contributed by atoms with Gasteiger partial charge in [-0.25, -0.2) is 0 Å². The van der Waals surface area contributed by atoms with E-state index in [1.807, 2.05) is 0 Å². The van der Waals surface area contributed by atoms with E-state index in [-0.39, 0.29) is 5.41 Å². The predicted molar refractivity (Wildman–Crippen MR) is 76.9 cm³/mol. The first kappa shape index (κ1) is 14.3. The number of carbonyl (C=O) groups is 1. The normalized spacial score (nSPS) is 18.6. The second kappa shape index (κ2) is 7.51. The third-order valence-corrected chi connectivity index (χ3v) is 4.58. The second-order valence-electron chi connectivity index (χ2n) is 4.85. The maximum Gasteiger partial charge on any atom is 0.226 e. The van der Waals surface area contributed by atoms with Gasteiger partial charge in [0.1, 0.15) is 0 Å². The Morgan fingerprint density at radius 1 is 1.25 bits per heavy atom. The number of carbonyl (C=O) groups excluding carboxylic acids is 1. The smallest absolute Gasteiger partial charge is 0.226 e. The van der Waals surface area contributed by atoms with E-state index < -0.39 is 0 Å². The van der Waals surface area contributed by atoms with Crippen molar-refractivity contribution in [3.05, 3.63) is 0 Å². The van der Waals surface area contributed by atoms with E-state index in [1.54, 1.807) is 0 Å². The summed E-state index contributed by atoms with van der Waals surface area (Å²) < 4.78 is 1.23. The molecule has 2 nitrogen and oxygen atoms in total. The number of rotatable bonds is 7. The van der Waals surface area contributed by atoms with Crippen LogP contribution in [0.2, 0.25) is 0 Å². The van der Waals surface area contributed by atoms with E-state index >= 15 is 0 Å². The SMILES string of the molecule is CCC1(C(=O)NCCCCCI)CCCC1. The Morgan fingerprint density at radius 2 is 1.94 bits per heavy atom. The van der Waals surface area contributed by atoms with E-state index in [1.165, 1.54) is 30.1 Å². The first-order valence-electron chi connectivity index (χ1n) is 6.59. The molecule has 1 aliphatic carbocycles. The lowest BCUT2D eigenvalue weighted by Gasteiger charge is -2.25. The summed E-state index contributed by atoms with van der Waals surface area (Å²) in [5.74, 6) is 0.321. The number of halogens is 1. The molecular formula is C13H24INO. The molecule has 0 aromatic rings. The fourth-order valence-electron chi connectivity index (χ4n) is 2.58. The van der Waals surface area contributed by atoms with Crippen molar-refractivity contribution in [2.45, 2.75) is 58.3 Å². The van der Waals surface area contributed by atoms with Crippen molar-refractivity contribution in [3.8, 4) is 0 Å². The van der Waals surface area contributed by atoms with Crippen LogP contribution >= 0.6 is 22.6 Å². The zero-order chi connectivity index (χ0) is 11.9. The van der Waals surface area contributed by atoms with Crippen LogP contribution in [0.5, 0.6) is 0 Å². The van der Waals surface area contributed by atoms with E-state index in [2.05, 4.69) is 34.8 Å². The minimum absolute atomic E-state index is 0.0107. The Hall–Kier alpha value is 0.200. The second-order valence-corrected chi connectivity index (χ2v) is 5.93. The van der Waals surface area contributed by atoms with Crippen molar-refractivity contribution in [1.29, 1.82) is 0 Å². The van der Waals surface area contributed by atoms with Gasteiger partial charge in [0.25, 0.3) is 0 Å². The van der Waals surface area contributed by atoms with Gasteiger partial charge in [-0.15, -0.1) is 0 Å². The van der Waals surface area contributed by atoms with Crippen LogP contribution < -0.4 is 5.32 Å². The van der Waals surface area contributed by atoms with Crippen molar-refractivity contribution in [2.24, 2.45) is 5.41 Å². The highest BCUT2D eigenvalue weighted by Crippen LogP contribution is 2.40. The van der Waals surface area contributed by atoms with Gasteiger partial charge in [0.15, 0.2) is 0 Å². The van der Waals surface area contributed by atoms with Crippen LogP contribution in [0.25, 0.3) is 0 Å². The molecule has 1 aliphatic rings. The summed E-state index contributed by atoms with van der Waals surface area (Å²) in [6, 6.07) is 0. The lowest BCUT2D eigenvalue weighted by molar-refractivity contribution is -0.131. The third kappa shape index (κ3) is 3.90. The van der Waals surface area contributed by atoms with Gasteiger partial charge in [-0.2, -0.15) is 0 Å². The number of unbranched alkanes of at least 4 members (excludes halogenated alkanes) is 2. The average Bonchev–Trinajstić information content (AvgIpc) is 2.78. The fourth-order valence-corrected chi connectivity index (χ4v) is 3.12. The summed E-state index contributed by atoms with van der Waals surface area (Å²) in [4.78, 5) is 12.1. The topological polar surface area (TPSA) is 29.1 Å². The molecule has 1 N–H and O–H groups in total. The Labute approximate surface area is 113 Å². The van der Waals surface area contributed by atoms with Crippen LogP contribution in [0.4, 0.5) is 0 Å². The van der Waals surface area contributed by atoms with Gasteiger partial charge in [0, 0.05) is 12.0 Å². The van der Waals surface area contributed by atoms with Gasteiger partial charge in [-0.1, -0.05) is 48.8 Å². The summed E-state index contributed by atoms with van der Waals surface area (Å²) in [5, 5.41) is 3.13. The van der Waals surface area contributed by atoms with Crippen molar-refractivity contribution >= 4 is 28.5 Å². The molecular weight excluding hydrogens is 313 g/mol. The lowest BCUT2D eigenvalue weighted by atomic mass is 9.82. The van der Waals surface area contributed by atoms with E-state index in [0.717, 1.165) is 32.2 Å². The zero-order valence-electron chi connectivity index (χ0n) is 10.4. The van der Waals surface area contributed by atoms with Gasteiger partial charge in [-0.05, 0) is 36.5 Å². The largest absolute Gasteiger partial charge is 0.356 e. The number of hydrogen-bond donors (Lipinski definition) is 1. The first-order chi connectivity index (χ1) is 7.75. The van der Waals surface area contributed by atoms with Crippen LogP contribution in [0.15, 0.2) is 0 Å². The van der Waals surface area contributed by atoms with Gasteiger partial charge >= 0.3 is 0 Å². The summed E-state index contributed by atoms with van der Waals surface area (Å²) in [7, 11) is 0. The molecule has 1 fully saturated rings. The highest BCUT2D eigenvalue weighted by atomic mass is 127. The van der Waals surface area contributed by atoms with Crippen molar-refractivity contribution in [2.75, 3.05) is 11.0 Å². The summed E-state index contributed by atoms with van der Waals surface area (Å²) in [6.45, 7) is 3.03. The number of alkyl halides is 1. The molecule has 0 spiro atoms. The van der Waals surface area contributed by atoms with Crippen molar-refractivity contribution in [3.63, 3.8) is 0 Å². The van der Waals surface area contributed by atoms with Gasteiger partial charge < -0.3 is 5.32 Å². The monoisotopic (exact) mass is 337 g/mol. The standard InChI is InChI=1S/C13H24INO/c1-2-13(8-4-5-9-13)12(16)15-11-7-3-6-10-14/h2-11H2,1H3,(H,15,16). The average molecular weight is 337 g/mol. The van der Waals surface area contributed by atoms with Gasteiger partial charge in [0.05, 0.1) is 0 Å². The number of nitrogens with one attached hydrogen (secondary N) is 1. The zero-order valence-corrected chi connectivity index (χ0v) is 12.5. The molecule has 0 radical (unpaired) electrons. The molecule has 0 aromatic heterocycles. The Balaban J connectivity index is 2.22. The van der Waals surface area contributed by atoms with Crippen molar-refractivity contribution in [1.82, 2.24) is 5.32 Å². The van der Waals surface area contributed by atoms with E-state index in [4.69, 9.17) is 0 Å². The molecule has 1 saturated carbocycles. The molecule has 0 bridgehead atoms. The third-order valence-electron chi connectivity index (χ3n) is 3.82. The molecule has 0 saturated heterocycles. The molecule has 0 aliphatic heterocycles. The predicted octanol–water partition coefficient (Wildman–Crippen LogP) is 3.68. The maximum absolute atomic E-state index is 12.1. The lowest BCUT2D eigenvalue weighted by Crippen LogP contribution is -2.39. The summed E-state index contributed by atoms with van der Waals surface area (Å²) >= 11 is 2.40. The Kier molecular flexibility index (Phi) is 6.70. The van der Waals surface area contributed by atoms with Crippen LogP contribution in [0, 0.1) is 5.41 Å². The maximum atomic E-state index is 12.1. The quantitative estimate of drug-likeness (QED) is 0.429. The highest BCUT2D eigenvalue weighted by Gasteiger charge is 2.38. The summed E-state index contributed by atoms with van der Waals surface area (Å²) in [6.07, 6.45) is 9.32. The van der Waals surface area contributed by atoms with Crippen LogP contribution in [-0.2, 0) is 4.79 Å². The molecule has 1 rings (SSSR count). The minimum Gasteiger partial charge on any atom is -0.356 e. The summed E-state index contributed by atoms with van der Waals surface area (Å²) in [5.41, 5.74) is -0.0107. The molecule has 0 atom stereocenters. The molecule has 16 heavy (non-hydrogen) atoms. The molecule has 94 valence electrons. The molecule has 1 amide bonds. The molecule has 0 aromatic carbocycles. The number of hydrogen-bond acceptors (Lipinski definition) is 1. The van der Waals surface area contributed by atoms with Crippen LogP contribution in [-0.4, -0.2) is 16.9 Å². The van der Waals surface area contributed by atoms with E-state index in [9.17, 15) is 4.79 Å². The van der Waals surface area contributed by atoms with Gasteiger partial charge in [-0.3, -0.25) is 4.79 Å². The Morgan fingerprint density at radius 3 is 2.50 bits per heavy atom. The van der Waals surface area contributed by atoms with Crippen molar-refractivity contribution < 1.29 is 4.79 Å². The minimum atomic E-state index is -0.0107. The Bertz CT molecular complexity index is 212. The molecule has 0 heterocycles. The highest BCUT2D eigenvalue weighted by molar-refractivity contribution is 14.1. The first-order valence-corrected chi connectivity index (χ1v) is 8.12. The van der Waals surface area contributed by atoms with E-state index in [0.29, 0.717) is 5.91 Å². The molecule has 0 unspecified atom stereocenters.